The quantitative estimate of drug-likeness (QED) is 0.592. The van der Waals surface area contributed by atoms with E-state index in [1.165, 1.54) is 0 Å². The first-order valence-electron chi connectivity index (χ1n) is 3.61. The summed E-state index contributed by atoms with van der Waals surface area (Å²) in [6.07, 6.45) is 0. The summed E-state index contributed by atoms with van der Waals surface area (Å²) in [5.41, 5.74) is 0. The van der Waals surface area contributed by atoms with Crippen molar-refractivity contribution in [2.45, 2.75) is 26.0 Å². The summed E-state index contributed by atoms with van der Waals surface area (Å²) in [5, 5.41) is 0.505. The second-order valence-electron chi connectivity index (χ2n) is 2.33. The molecule has 9 heavy (non-hydrogen) atoms. The molecule has 0 aromatic heterocycles. The van der Waals surface area contributed by atoms with Crippen LogP contribution in [0.5, 0.6) is 0 Å². The Balaban J connectivity index is 3.31. The minimum Gasteiger partial charge on any atom is -0.303 e. The van der Waals surface area contributed by atoms with Gasteiger partial charge in [0.05, 0.1) is 0 Å². The van der Waals surface area contributed by atoms with Gasteiger partial charge in [0.2, 0.25) is 0 Å². The van der Waals surface area contributed by atoms with Crippen LogP contribution in [0.4, 0.5) is 0 Å². The van der Waals surface area contributed by atoms with Gasteiger partial charge in [-0.1, -0.05) is 20.8 Å². The minimum absolute atomic E-state index is 0.505. The molecule has 56 valence electrons. The summed E-state index contributed by atoms with van der Waals surface area (Å²) < 4.78 is 0. The lowest BCUT2D eigenvalue weighted by molar-refractivity contribution is 0.308. The monoisotopic (exact) mass is 147 g/mol. The van der Waals surface area contributed by atoms with E-state index >= 15 is 0 Å². The van der Waals surface area contributed by atoms with E-state index in [9.17, 15) is 0 Å². The molecule has 0 aliphatic rings. The summed E-state index contributed by atoms with van der Waals surface area (Å²) >= 11 is 4.30. The van der Waals surface area contributed by atoms with Gasteiger partial charge in [0.1, 0.15) is 0 Å². The van der Waals surface area contributed by atoms with E-state index in [1.54, 1.807) is 0 Å². The van der Waals surface area contributed by atoms with Crippen molar-refractivity contribution in [3.8, 4) is 0 Å². The average molecular weight is 147 g/mol. The van der Waals surface area contributed by atoms with Gasteiger partial charge in [-0.25, -0.2) is 0 Å². The predicted molar refractivity (Wildman–Crippen MR) is 46.2 cm³/mol. The molecule has 0 spiro atoms. The fraction of sp³-hybridized carbons (Fsp3) is 1.00. The maximum atomic E-state index is 4.30. The van der Waals surface area contributed by atoms with E-state index in [4.69, 9.17) is 0 Å². The van der Waals surface area contributed by atoms with Crippen molar-refractivity contribution in [3.05, 3.63) is 0 Å². The van der Waals surface area contributed by atoms with Gasteiger partial charge in [-0.15, -0.1) is 0 Å². The Morgan fingerprint density at radius 2 is 1.78 bits per heavy atom. The van der Waals surface area contributed by atoms with Crippen LogP contribution in [0.2, 0.25) is 0 Å². The van der Waals surface area contributed by atoms with Crippen LogP contribution < -0.4 is 0 Å². The molecule has 0 aromatic carbocycles. The van der Waals surface area contributed by atoms with Crippen LogP contribution in [0.15, 0.2) is 0 Å². The van der Waals surface area contributed by atoms with Crippen molar-refractivity contribution < 1.29 is 0 Å². The molecule has 0 fully saturated rings. The van der Waals surface area contributed by atoms with E-state index in [0.717, 1.165) is 19.6 Å². The van der Waals surface area contributed by atoms with Gasteiger partial charge in [0.25, 0.3) is 0 Å². The Morgan fingerprint density at radius 3 is 1.89 bits per heavy atom. The molecule has 0 saturated heterocycles. The molecular weight excluding hydrogens is 130 g/mol. The van der Waals surface area contributed by atoms with E-state index in [0.29, 0.717) is 5.25 Å². The largest absolute Gasteiger partial charge is 0.303 e. The molecule has 0 radical (unpaired) electrons. The lowest BCUT2D eigenvalue weighted by atomic mass is 10.4. The summed E-state index contributed by atoms with van der Waals surface area (Å²) in [7, 11) is 0. The SMILES string of the molecule is CCN(CC)C[C@H](C)S. The molecule has 0 amide bonds. The Hall–Kier alpha value is 0.310. The lowest BCUT2D eigenvalue weighted by Gasteiger charge is -2.19. The van der Waals surface area contributed by atoms with Crippen LogP contribution in [0.3, 0.4) is 0 Å². The standard InChI is InChI=1S/C7H17NS/c1-4-8(5-2)6-7(3)9/h7,9H,4-6H2,1-3H3/t7-/m0/s1. The Kier molecular flexibility index (Phi) is 5.30. The number of hydrogen-bond donors (Lipinski definition) is 1. The molecular formula is C7H17NS. The molecule has 1 nitrogen and oxygen atoms in total. The molecule has 0 aromatic rings. The third-order valence-corrected chi connectivity index (χ3v) is 1.58. The van der Waals surface area contributed by atoms with E-state index in [-0.39, 0.29) is 0 Å². The number of hydrogen-bond acceptors (Lipinski definition) is 2. The first-order valence-corrected chi connectivity index (χ1v) is 4.12. The molecule has 0 unspecified atom stereocenters. The fourth-order valence-corrected chi connectivity index (χ4v) is 1.09. The highest BCUT2D eigenvalue weighted by atomic mass is 32.1. The molecule has 0 saturated carbocycles. The zero-order valence-corrected chi connectivity index (χ0v) is 7.49. The zero-order valence-electron chi connectivity index (χ0n) is 6.59. The minimum atomic E-state index is 0.505. The number of thiol groups is 1. The van der Waals surface area contributed by atoms with Gasteiger partial charge in [0.15, 0.2) is 0 Å². The van der Waals surface area contributed by atoms with E-state index in [2.05, 4.69) is 38.3 Å². The van der Waals surface area contributed by atoms with Crippen molar-refractivity contribution in [2.75, 3.05) is 19.6 Å². The highest BCUT2D eigenvalue weighted by Gasteiger charge is 2.00. The van der Waals surface area contributed by atoms with Gasteiger partial charge in [-0.2, -0.15) is 12.6 Å². The van der Waals surface area contributed by atoms with Gasteiger partial charge < -0.3 is 4.90 Å². The van der Waals surface area contributed by atoms with Gasteiger partial charge >= 0.3 is 0 Å². The van der Waals surface area contributed by atoms with Gasteiger partial charge in [-0.05, 0) is 13.1 Å². The van der Waals surface area contributed by atoms with Crippen LogP contribution in [0.1, 0.15) is 20.8 Å². The Labute approximate surface area is 63.8 Å². The number of nitrogens with zero attached hydrogens (tertiary/aromatic N) is 1. The molecule has 0 aliphatic heterocycles. The summed E-state index contributed by atoms with van der Waals surface area (Å²) in [4.78, 5) is 2.37. The maximum absolute atomic E-state index is 4.30. The van der Waals surface area contributed by atoms with Crippen LogP contribution in [0, 0.1) is 0 Å². The first kappa shape index (κ1) is 9.31. The van der Waals surface area contributed by atoms with Crippen LogP contribution in [0.25, 0.3) is 0 Å². The van der Waals surface area contributed by atoms with Gasteiger partial charge in [-0.3, -0.25) is 0 Å². The lowest BCUT2D eigenvalue weighted by Crippen LogP contribution is -2.28. The fourth-order valence-electron chi connectivity index (χ4n) is 0.855. The van der Waals surface area contributed by atoms with Crippen molar-refractivity contribution in [1.29, 1.82) is 0 Å². The third-order valence-electron chi connectivity index (χ3n) is 1.42. The molecule has 0 heterocycles. The summed E-state index contributed by atoms with van der Waals surface area (Å²) in [6.45, 7) is 9.87. The molecule has 2 heteroatoms. The smallest absolute Gasteiger partial charge is 0.0116 e. The second-order valence-corrected chi connectivity index (χ2v) is 3.22. The Bertz CT molecular complexity index is 59.9. The summed E-state index contributed by atoms with van der Waals surface area (Å²) in [6, 6.07) is 0. The first-order chi connectivity index (χ1) is 4.20. The van der Waals surface area contributed by atoms with Gasteiger partial charge in [0, 0.05) is 11.8 Å². The molecule has 1 atom stereocenters. The maximum Gasteiger partial charge on any atom is 0.0116 e. The molecule has 0 N–H and O–H groups in total. The topological polar surface area (TPSA) is 3.24 Å². The zero-order chi connectivity index (χ0) is 7.28. The predicted octanol–water partition coefficient (Wildman–Crippen LogP) is 1.65. The highest BCUT2D eigenvalue weighted by Crippen LogP contribution is 1.96. The third kappa shape index (κ3) is 4.79. The number of rotatable bonds is 4. The molecule has 0 rings (SSSR count). The molecule has 0 aliphatic carbocycles. The van der Waals surface area contributed by atoms with E-state index in [1.807, 2.05) is 0 Å². The van der Waals surface area contributed by atoms with Crippen LogP contribution in [-0.2, 0) is 0 Å². The highest BCUT2D eigenvalue weighted by molar-refractivity contribution is 7.80. The van der Waals surface area contributed by atoms with Crippen molar-refractivity contribution in [3.63, 3.8) is 0 Å². The van der Waals surface area contributed by atoms with Crippen molar-refractivity contribution >= 4 is 12.6 Å². The van der Waals surface area contributed by atoms with Crippen molar-refractivity contribution in [1.82, 2.24) is 4.90 Å². The Morgan fingerprint density at radius 1 is 1.33 bits per heavy atom. The second kappa shape index (κ2) is 5.12. The summed E-state index contributed by atoms with van der Waals surface area (Å²) in [5.74, 6) is 0. The van der Waals surface area contributed by atoms with Crippen LogP contribution in [-0.4, -0.2) is 29.8 Å². The van der Waals surface area contributed by atoms with Crippen molar-refractivity contribution in [2.24, 2.45) is 0 Å². The molecule has 0 bridgehead atoms. The van der Waals surface area contributed by atoms with E-state index < -0.39 is 0 Å². The normalized spacial score (nSPS) is 14.3. The average Bonchev–Trinajstić information content (AvgIpc) is 1.82. The van der Waals surface area contributed by atoms with Crippen LogP contribution >= 0.6 is 12.6 Å².